The average molecular weight is 288 g/mol. The number of amides is 1. The molecule has 0 atom stereocenters. The summed E-state index contributed by atoms with van der Waals surface area (Å²) in [5, 5.41) is 6.85. The van der Waals surface area contributed by atoms with Gasteiger partial charge < -0.3 is 5.32 Å². The number of carbonyl (C=O) groups is 1. The molecule has 3 aromatic rings. The van der Waals surface area contributed by atoms with Crippen LogP contribution in [0.2, 0.25) is 0 Å². The maximum Gasteiger partial charge on any atom is 0.255 e. The van der Waals surface area contributed by atoms with Gasteiger partial charge in [0.1, 0.15) is 12.7 Å². The zero-order valence-electron chi connectivity index (χ0n) is 11.6. The topological polar surface area (TPSA) is 59.8 Å². The molecule has 0 saturated carbocycles. The van der Waals surface area contributed by atoms with Crippen molar-refractivity contribution in [3.8, 4) is 18.0 Å². The summed E-state index contributed by atoms with van der Waals surface area (Å²) >= 11 is 0. The van der Waals surface area contributed by atoms with E-state index in [2.05, 4.69) is 21.3 Å². The van der Waals surface area contributed by atoms with Crippen LogP contribution in [0.4, 0.5) is 5.69 Å². The summed E-state index contributed by atoms with van der Waals surface area (Å²) in [6, 6.07) is 14.2. The standard InChI is InChI=1S/C17H12N4O/c1-2-13-4-3-5-15(10-13)20-17(22)14-6-8-16(9-7-14)21-12-18-11-19-21/h1,3-12H,(H,20,22). The molecule has 0 saturated heterocycles. The number of nitrogens with one attached hydrogen (secondary N) is 1. The first kappa shape index (κ1) is 13.6. The number of hydrogen-bond donors (Lipinski definition) is 1. The van der Waals surface area contributed by atoms with Gasteiger partial charge in [-0.05, 0) is 42.5 Å². The summed E-state index contributed by atoms with van der Waals surface area (Å²) in [5.74, 6) is 2.34. The van der Waals surface area contributed by atoms with Gasteiger partial charge in [-0.15, -0.1) is 6.42 Å². The van der Waals surface area contributed by atoms with Crippen molar-refractivity contribution < 1.29 is 4.79 Å². The van der Waals surface area contributed by atoms with Crippen molar-refractivity contribution in [2.45, 2.75) is 0 Å². The molecule has 0 radical (unpaired) electrons. The monoisotopic (exact) mass is 288 g/mol. The summed E-state index contributed by atoms with van der Waals surface area (Å²) < 4.78 is 1.62. The normalized spacial score (nSPS) is 9.95. The van der Waals surface area contributed by atoms with Crippen molar-refractivity contribution in [1.29, 1.82) is 0 Å². The van der Waals surface area contributed by atoms with Crippen molar-refractivity contribution in [2.24, 2.45) is 0 Å². The number of benzene rings is 2. The lowest BCUT2D eigenvalue weighted by molar-refractivity contribution is 0.102. The van der Waals surface area contributed by atoms with Crippen molar-refractivity contribution in [1.82, 2.24) is 14.8 Å². The quantitative estimate of drug-likeness (QED) is 0.753. The molecular weight excluding hydrogens is 276 g/mol. The van der Waals surface area contributed by atoms with Crippen molar-refractivity contribution in [3.63, 3.8) is 0 Å². The summed E-state index contributed by atoms with van der Waals surface area (Å²) in [4.78, 5) is 16.1. The van der Waals surface area contributed by atoms with Gasteiger partial charge in [-0.2, -0.15) is 5.10 Å². The summed E-state index contributed by atoms with van der Waals surface area (Å²) in [7, 11) is 0. The molecule has 1 amide bonds. The fourth-order valence-electron chi connectivity index (χ4n) is 2.00. The number of terminal acetylenes is 1. The van der Waals surface area contributed by atoms with Gasteiger partial charge >= 0.3 is 0 Å². The Bertz CT molecular complexity index is 830. The lowest BCUT2D eigenvalue weighted by Crippen LogP contribution is -2.12. The molecule has 3 rings (SSSR count). The Morgan fingerprint density at radius 3 is 2.68 bits per heavy atom. The van der Waals surface area contributed by atoms with Crippen molar-refractivity contribution in [3.05, 3.63) is 72.3 Å². The summed E-state index contributed by atoms with van der Waals surface area (Å²) in [5.41, 5.74) is 2.78. The maximum atomic E-state index is 12.2. The second-order valence-corrected chi connectivity index (χ2v) is 4.57. The van der Waals surface area contributed by atoms with E-state index in [1.54, 1.807) is 53.5 Å². The first-order valence-electron chi connectivity index (χ1n) is 6.59. The highest BCUT2D eigenvalue weighted by atomic mass is 16.1. The number of rotatable bonds is 3. The molecule has 0 aliphatic carbocycles. The molecule has 0 fully saturated rings. The molecule has 22 heavy (non-hydrogen) atoms. The van der Waals surface area contributed by atoms with Gasteiger partial charge in [-0.1, -0.05) is 12.0 Å². The van der Waals surface area contributed by atoms with E-state index in [-0.39, 0.29) is 5.91 Å². The average Bonchev–Trinajstić information content (AvgIpc) is 3.09. The van der Waals surface area contributed by atoms with Crippen LogP contribution in [0.3, 0.4) is 0 Å². The minimum absolute atomic E-state index is 0.195. The Balaban J connectivity index is 1.76. The molecule has 0 spiro atoms. The van der Waals surface area contributed by atoms with Gasteiger partial charge in [-0.3, -0.25) is 4.79 Å². The maximum absolute atomic E-state index is 12.2. The Labute approximate surface area is 127 Å². The first-order valence-corrected chi connectivity index (χ1v) is 6.59. The van der Waals surface area contributed by atoms with Crippen LogP contribution in [-0.2, 0) is 0 Å². The lowest BCUT2D eigenvalue weighted by Gasteiger charge is -2.06. The Morgan fingerprint density at radius 2 is 2.00 bits per heavy atom. The third-order valence-corrected chi connectivity index (χ3v) is 3.10. The molecule has 1 N–H and O–H groups in total. The molecular formula is C17H12N4O. The molecule has 2 aromatic carbocycles. The molecule has 106 valence electrons. The molecule has 0 bridgehead atoms. The molecule has 1 aromatic heterocycles. The van der Waals surface area contributed by atoms with Crippen LogP contribution in [0.1, 0.15) is 15.9 Å². The van der Waals surface area contributed by atoms with Crippen LogP contribution in [0.5, 0.6) is 0 Å². The van der Waals surface area contributed by atoms with E-state index in [0.29, 0.717) is 11.3 Å². The molecule has 5 nitrogen and oxygen atoms in total. The van der Waals surface area contributed by atoms with Gasteiger partial charge in [0, 0.05) is 16.8 Å². The predicted molar refractivity (Wildman–Crippen MR) is 83.7 cm³/mol. The number of nitrogens with zero attached hydrogens (tertiary/aromatic N) is 3. The third-order valence-electron chi connectivity index (χ3n) is 3.10. The highest BCUT2D eigenvalue weighted by Gasteiger charge is 2.07. The van der Waals surface area contributed by atoms with Crippen LogP contribution in [-0.4, -0.2) is 20.7 Å². The van der Waals surface area contributed by atoms with E-state index in [1.165, 1.54) is 6.33 Å². The van der Waals surface area contributed by atoms with Crippen LogP contribution >= 0.6 is 0 Å². The Kier molecular flexibility index (Phi) is 3.67. The summed E-state index contributed by atoms with van der Waals surface area (Å²) in [6.07, 6.45) is 8.40. The summed E-state index contributed by atoms with van der Waals surface area (Å²) in [6.45, 7) is 0. The third kappa shape index (κ3) is 2.86. The van der Waals surface area contributed by atoms with E-state index in [1.807, 2.05) is 6.07 Å². The highest BCUT2D eigenvalue weighted by Crippen LogP contribution is 2.13. The number of aromatic nitrogens is 3. The molecule has 5 heteroatoms. The fraction of sp³-hybridized carbons (Fsp3) is 0. The lowest BCUT2D eigenvalue weighted by atomic mass is 10.1. The van der Waals surface area contributed by atoms with E-state index in [4.69, 9.17) is 6.42 Å². The molecule has 0 unspecified atom stereocenters. The smallest absolute Gasteiger partial charge is 0.255 e. The van der Waals surface area contributed by atoms with Crippen LogP contribution in [0, 0.1) is 12.3 Å². The SMILES string of the molecule is C#Cc1cccc(NC(=O)c2ccc(-n3cncn3)cc2)c1. The minimum Gasteiger partial charge on any atom is -0.322 e. The predicted octanol–water partition coefficient (Wildman–Crippen LogP) is 2.50. The number of carbonyl (C=O) groups excluding carboxylic acids is 1. The van der Waals surface area contributed by atoms with Gasteiger partial charge in [0.15, 0.2) is 0 Å². The van der Waals surface area contributed by atoms with Crippen molar-refractivity contribution in [2.75, 3.05) is 5.32 Å². The highest BCUT2D eigenvalue weighted by molar-refractivity contribution is 6.04. The number of hydrogen-bond acceptors (Lipinski definition) is 3. The Morgan fingerprint density at radius 1 is 1.18 bits per heavy atom. The van der Waals surface area contributed by atoms with Crippen LogP contribution in [0.25, 0.3) is 5.69 Å². The number of anilines is 1. The van der Waals surface area contributed by atoms with E-state index < -0.39 is 0 Å². The van der Waals surface area contributed by atoms with Gasteiger partial charge in [0.05, 0.1) is 5.69 Å². The zero-order chi connectivity index (χ0) is 15.4. The van der Waals surface area contributed by atoms with E-state index in [9.17, 15) is 4.79 Å². The second kappa shape index (κ2) is 5.94. The minimum atomic E-state index is -0.195. The van der Waals surface area contributed by atoms with Crippen molar-refractivity contribution >= 4 is 11.6 Å². The van der Waals surface area contributed by atoms with Gasteiger partial charge in [-0.25, -0.2) is 9.67 Å². The molecule has 1 heterocycles. The fourth-order valence-corrected chi connectivity index (χ4v) is 2.00. The molecule has 0 aliphatic rings. The Hall–Kier alpha value is -3.39. The van der Waals surface area contributed by atoms with Crippen LogP contribution < -0.4 is 5.32 Å². The largest absolute Gasteiger partial charge is 0.322 e. The molecule has 0 aliphatic heterocycles. The second-order valence-electron chi connectivity index (χ2n) is 4.57. The van der Waals surface area contributed by atoms with Crippen LogP contribution in [0.15, 0.2) is 61.2 Å². The van der Waals surface area contributed by atoms with E-state index >= 15 is 0 Å². The van der Waals surface area contributed by atoms with Gasteiger partial charge in [0.25, 0.3) is 5.91 Å². The van der Waals surface area contributed by atoms with E-state index in [0.717, 1.165) is 11.3 Å². The zero-order valence-corrected chi connectivity index (χ0v) is 11.6. The van der Waals surface area contributed by atoms with Gasteiger partial charge in [0.2, 0.25) is 0 Å². The first-order chi connectivity index (χ1) is 10.8.